The zero-order valence-electron chi connectivity index (χ0n) is 14.9. The largest absolute Gasteiger partial charge is 0.454 e. The molecular formula is C21H16ClN3O3. The molecule has 3 aromatic rings. The van der Waals surface area contributed by atoms with Crippen molar-refractivity contribution in [1.82, 2.24) is 0 Å². The number of anilines is 3. The van der Waals surface area contributed by atoms with E-state index in [0.717, 1.165) is 5.56 Å². The number of ether oxygens (including phenoxy) is 1. The number of benzene rings is 3. The highest BCUT2D eigenvalue weighted by atomic mass is 35.5. The van der Waals surface area contributed by atoms with Gasteiger partial charge in [0, 0.05) is 16.4 Å². The van der Waals surface area contributed by atoms with Crippen LogP contribution in [0.5, 0.6) is 11.5 Å². The molecule has 0 radical (unpaired) electrons. The number of rotatable bonds is 2. The van der Waals surface area contributed by atoms with Crippen LogP contribution in [0.1, 0.15) is 15.9 Å². The van der Waals surface area contributed by atoms with Gasteiger partial charge >= 0.3 is 6.03 Å². The molecule has 0 saturated heterocycles. The molecule has 1 aliphatic rings. The summed E-state index contributed by atoms with van der Waals surface area (Å²) in [4.78, 5) is 24.8. The van der Waals surface area contributed by atoms with Crippen molar-refractivity contribution < 1.29 is 14.3 Å². The van der Waals surface area contributed by atoms with Crippen molar-refractivity contribution in [2.75, 3.05) is 16.0 Å². The number of carbonyl (C=O) groups excluding carboxylic acids is 2. The standard InChI is InChI=1S/C21H16ClN3O3/c1-12-3-2-4-14(9-12)23-21(27)24-15-6-8-18-16(11-15)20(26)25-17-10-13(22)5-7-19(17)28-18/h2-11H,1H3,(H,25,26)(H2,23,24,27). The van der Waals surface area contributed by atoms with Crippen LogP contribution in [0.25, 0.3) is 0 Å². The summed E-state index contributed by atoms with van der Waals surface area (Å²) in [5.74, 6) is 0.538. The van der Waals surface area contributed by atoms with Gasteiger partial charge in [-0.2, -0.15) is 0 Å². The minimum absolute atomic E-state index is 0.306. The van der Waals surface area contributed by atoms with E-state index in [1.807, 2.05) is 25.1 Å². The first-order valence-corrected chi connectivity index (χ1v) is 8.93. The third-order valence-electron chi connectivity index (χ3n) is 4.17. The number of halogens is 1. The SMILES string of the molecule is Cc1cccc(NC(=O)Nc2ccc3c(c2)C(=O)Nc2cc(Cl)ccc2O3)c1. The number of hydrogen-bond acceptors (Lipinski definition) is 3. The van der Waals surface area contributed by atoms with Crippen LogP contribution in [-0.4, -0.2) is 11.9 Å². The topological polar surface area (TPSA) is 79.5 Å². The van der Waals surface area contributed by atoms with E-state index < -0.39 is 6.03 Å². The molecule has 28 heavy (non-hydrogen) atoms. The van der Waals surface area contributed by atoms with E-state index >= 15 is 0 Å². The average molecular weight is 394 g/mol. The second-order valence-corrected chi connectivity index (χ2v) is 6.79. The van der Waals surface area contributed by atoms with Crippen molar-refractivity contribution in [2.24, 2.45) is 0 Å². The lowest BCUT2D eigenvalue weighted by molar-refractivity contribution is 0.102. The third-order valence-corrected chi connectivity index (χ3v) is 4.40. The first-order valence-electron chi connectivity index (χ1n) is 8.55. The van der Waals surface area contributed by atoms with Crippen LogP contribution in [0.2, 0.25) is 5.02 Å². The second kappa shape index (κ2) is 7.25. The van der Waals surface area contributed by atoms with Gasteiger partial charge in [-0.15, -0.1) is 0 Å². The highest BCUT2D eigenvalue weighted by molar-refractivity contribution is 6.31. The molecule has 6 nitrogen and oxygen atoms in total. The van der Waals surface area contributed by atoms with Gasteiger partial charge in [0.15, 0.2) is 5.75 Å². The summed E-state index contributed by atoms with van der Waals surface area (Å²) in [7, 11) is 0. The Morgan fingerprint density at radius 2 is 1.71 bits per heavy atom. The summed E-state index contributed by atoms with van der Waals surface area (Å²) >= 11 is 5.99. The lowest BCUT2D eigenvalue weighted by Gasteiger charge is -2.11. The molecule has 1 heterocycles. The zero-order valence-corrected chi connectivity index (χ0v) is 15.6. The molecule has 3 amide bonds. The van der Waals surface area contributed by atoms with Gasteiger partial charge in [0.1, 0.15) is 5.75 Å². The predicted molar refractivity (Wildman–Crippen MR) is 110 cm³/mol. The number of urea groups is 1. The highest BCUT2D eigenvalue weighted by Crippen LogP contribution is 2.37. The normalized spacial score (nSPS) is 12.0. The molecule has 7 heteroatoms. The molecule has 140 valence electrons. The Labute approximate surface area is 166 Å². The lowest BCUT2D eigenvalue weighted by atomic mass is 10.1. The smallest absolute Gasteiger partial charge is 0.323 e. The van der Waals surface area contributed by atoms with E-state index in [4.69, 9.17) is 16.3 Å². The molecular weight excluding hydrogens is 378 g/mol. The first kappa shape index (κ1) is 17.9. The maximum Gasteiger partial charge on any atom is 0.323 e. The lowest BCUT2D eigenvalue weighted by Crippen LogP contribution is -2.20. The molecule has 3 N–H and O–H groups in total. The van der Waals surface area contributed by atoms with E-state index in [2.05, 4.69) is 16.0 Å². The maximum atomic E-state index is 12.6. The van der Waals surface area contributed by atoms with Crippen LogP contribution in [0.4, 0.5) is 21.9 Å². The predicted octanol–water partition coefficient (Wildman–Crippen LogP) is 5.65. The number of nitrogens with one attached hydrogen (secondary N) is 3. The Kier molecular flexibility index (Phi) is 4.63. The van der Waals surface area contributed by atoms with Crippen LogP contribution in [0, 0.1) is 6.92 Å². The van der Waals surface area contributed by atoms with Gasteiger partial charge in [0.25, 0.3) is 5.91 Å². The van der Waals surface area contributed by atoms with Crippen LogP contribution < -0.4 is 20.7 Å². The Balaban J connectivity index is 1.54. The Hall–Kier alpha value is -3.51. The minimum Gasteiger partial charge on any atom is -0.454 e. The maximum absolute atomic E-state index is 12.6. The van der Waals surface area contributed by atoms with Crippen LogP contribution in [-0.2, 0) is 0 Å². The quantitative estimate of drug-likeness (QED) is 0.526. The fourth-order valence-corrected chi connectivity index (χ4v) is 3.06. The summed E-state index contributed by atoms with van der Waals surface area (Å²) in [6.45, 7) is 1.94. The number of amides is 3. The van der Waals surface area contributed by atoms with Gasteiger partial charge in [0.05, 0.1) is 11.3 Å². The average Bonchev–Trinajstić information content (AvgIpc) is 2.77. The molecule has 0 bridgehead atoms. The first-order chi connectivity index (χ1) is 13.5. The fourth-order valence-electron chi connectivity index (χ4n) is 2.89. The van der Waals surface area contributed by atoms with E-state index in [-0.39, 0.29) is 5.91 Å². The third kappa shape index (κ3) is 3.77. The molecule has 3 aromatic carbocycles. The molecule has 0 spiro atoms. The second-order valence-electron chi connectivity index (χ2n) is 6.36. The number of carbonyl (C=O) groups is 2. The van der Waals surface area contributed by atoms with Gasteiger partial charge in [-0.25, -0.2) is 4.79 Å². The van der Waals surface area contributed by atoms with Crippen molar-refractivity contribution >= 4 is 40.6 Å². The molecule has 0 unspecified atom stereocenters. The van der Waals surface area contributed by atoms with E-state index in [1.165, 1.54) is 0 Å². The highest BCUT2D eigenvalue weighted by Gasteiger charge is 2.21. The molecule has 1 aliphatic heterocycles. The van der Waals surface area contributed by atoms with Crippen LogP contribution in [0.3, 0.4) is 0 Å². The molecule has 0 aliphatic carbocycles. The van der Waals surface area contributed by atoms with Gasteiger partial charge in [0.2, 0.25) is 0 Å². The summed E-state index contributed by atoms with van der Waals surface area (Å²) in [5.41, 5.74) is 2.98. The van der Waals surface area contributed by atoms with Crippen LogP contribution in [0.15, 0.2) is 60.7 Å². The van der Waals surface area contributed by atoms with Gasteiger partial charge in [-0.3, -0.25) is 4.79 Å². The summed E-state index contributed by atoms with van der Waals surface area (Å²) in [5, 5.41) is 8.74. The van der Waals surface area contributed by atoms with Gasteiger partial charge < -0.3 is 20.7 Å². The summed E-state index contributed by atoms with van der Waals surface area (Å²) in [6, 6.07) is 16.9. The number of hydrogen-bond donors (Lipinski definition) is 3. The van der Waals surface area contributed by atoms with Crippen LogP contribution >= 0.6 is 11.6 Å². The number of aryl methyl sites for hydroxylation is 1. The summed E-state index contributed by atoms with van der Waals surface area (Å²) < 4.78 is 5.83. The van der Waals surface area contributed by atoms with Gasteiger partial charge in [-0.1, -0.05) is 23.7 Å². The molecule has 0 fully saturated rings. The summed E-state index contributed by atoms with van der Waals surface area (Å²) in [6.07, 6.45) is 0. The Morgan fingerprint density at radius 1 is 0.964 bits per heavy atom. The number of fused-ring (bicyclic) bond motifs is 2. The van der Waals surface area contributed by atoms with E-state index in [9.17, 15) is 9.59 Å². The Morgan fingerprint density at radius 3 is 2.50 bits per heavy atom. The van der Waals surface area contributed by atoms with Crippen molar-refractivity contribution in [2.45, 2.75) is 6.92 Å². The fraction of sp³-hybridized carbons (Fsp3) is 0.0476. The molecule has 0 saturated carbocycles. The zero-order chi connectivity index (χ0) is 19.7. The molecule has 0 aromatic heterocycles. The van der Waals surface area contributed by atoms with E-state index in [1.54, 1.807) is 42.5 Å². The van der Waals surface area contributed by atoms with Crippen molar-refractivity contribution in [3.63, 3.8) is 0 Å². The van der Waals surface area contributed by atoms with E-state index in [0.29, 0.717) is 39.1 Å². The van der Waals surface area contributed by atoms with Gasteiger partial charge in [-0.05, 0) is 61.0 Å². The minimum atomic E-state index is -0.407. The van der Waals surface area contributed by atoms with Crippen molar-refractivity contribution in [3.05, 3.63) is 76.8 Å². The van der Waals surface area contributed by atoms with Crippen molar-refractivity contribution in [3.8, 4) is 11.5 Å². The van der Waals surface area contributed by atoms with Crippen molar-refractivity contribution in [1.29, 1.82) is 0 Å². The molecule has 0 atom stereocenters. The molecule has 4 rings (SSSR count). The monoisotopic (exact) mass is 393 g/mol. The Bertz CT molecular complexity index is 1100.